The number of hydrogen-bond acceptors (Lipinski definition) is 6. The van der Waals surface area contributed by atoms with E-state index in [1.807, 2.05) is 30.3 Å². The van der Waals surface area contributed by atoms with E-state index in [9.17, 15) is 13.2 Å². The molecule has 4 rings (SSSR count). The summed E-state index contributed by atoms with van der Waals surface area (Å²) in [6.07, 6.45) is 1.21. The number of hydrogen-bond donors (Lipinski definition) is 1. The van der Waals surface area contributed by atoms with Crippen molar-refractivity contribution in [1.29, 1.82) is 0 Å². The summed E-state index contributed by atoms with van der Waals surface area (Å²) in [4.78, 5) is 17.1. The molecule has 1 atom stereocenters. The molecule has 0 unspecified atom stereocenters. The highest BCUT2D eigenvalue weighted by Gasteiger charge is 2.33. The van der Waals surface area contributed by atoms with E-state index >= 15 is 0 Å². The minimum absolute atomic E-state index is 0.0824. The van der Waals surface area contributed by atoms with Gasteiger partial charge in [-0.1, -0.05) is 47.1 Å². The predicted octanol–water partition coefficient (Wildman–Crippen LogP) is 3.11. The summed E-state index contributed by atoms with van der Waals surface area (Å²) in [5.74, 6) is 0.0409. The van der Waals surface area contributed by atoms with Gasteiger partial charge in [0.25, 0.3) is 0 Å². The first-order chi connectivity index (χ1) is 14.9. The number of nitrogens with one attached hydrogen (secondary N) is 1. The van der Waals surface area contributed by atoms with Gasteiger partial charge in [0.05, 0.1) is 17.4 Å². The number of piperidine rings is 1. The van der Waals surface area contributed by atoms with E-state index in [0.29, 0.717) is 30.2 Å². The Hall–Kier alpha value is -2.75. The molecule has 10 heteroatoms. The molecule has 1 aliphatic rings. The Kier molecular flexibility index (Phi) is 6.35. The third-order valence-corrected chi connectivity index (χ3v) is 7.25. The highest BCUT2D eigenvalue weighted by molar-refractivity contribution is 7.89. The maximum atomic E-state index is 12.9. The Labute approximate surface area is 185 Å². The van der Waals surface area contributed by atoms with E-state index in [2.05, 4.69) is 15.5 Å². The second kappa shape index (κ2) is 9.17. The van der Waals surface area contributed by atoms with Gasteiger partial charge < -0.3 is 9.84 Å². The van der Waals surface area contributed by atoms with Gasteiger partial charge in [-0.25, -0.2) is 8.42 Å². The van der Waals surface area contributed by atoms with Crippen LogP contribution < -0.4 is 5.32 Å². The highest BCUT2D eigenvalue weighted by atomic mass is 35.5. The van der Waals surface area contributed by atoms with Crippen LogP contribution in [0.2, 0.25) is 5.02 Å². The first kappa shape index (κ1) is 21.5. The number of carbonyl (C=O) groups is 1. The molecule has 2 aromatic carbocycles. The van der Waals surface area contributed by atoms with Gasteiger partial charge in [0.1, 0.15) is 0 Å². The molecule has 0 saturated carbocycles. The maximum Gasteiger partial charge on any atom is 0.246 e. The lowest BCUT2D eigenvalue weighted by Crippen LogP contribution is -2.45. The Bertz CT molecular complexity index is 1150. The number of rotatable bonds is 6. The van der Waals surface area contributed by atoms with Crippen molar-refractivity contribution in [2.45, 2.75) is 24.3 Å². The van der Waals surface area contributed by atoms with Crippen LogP contribution >= 0.6 is 11.6 Å². The van der Waals surface area contributed by atoms with Gasteiger partial charge in [-0.2, -0.15) is 9.29 Å². The minimum Gasteiger partial charge on any atom is -0.347 e. The van der Waals surface area contributed by atoms with Crippen molar-refractivity contribution in [3.05, 3.63) is 65.5 Å². The molecule has 1 aromatic heterocycles. The zero-order valence-corrected chi connectivity index (χ0v) is 18.1. The number of halogens is 1. The van der Waals surface area contributed by atoms with E-state index in [4.69, 9.17) is 16.1 Å². The summed E-state index contributed by atoms with van der Waals surface area (Å²) in [5, 5.41) is 7.17. The fourth-order valence-electron chi connectivity index (χ4n) is 3.47. The van der Waals surface area contributed by atoms with Crippen molar-refractivity contribution < 1.29 is 17.7 Å². The quantitative estimate of drug-likeness (QED) is 0.606. The normalized spacial score (nSPS) is 17.4. The lowest BCUT2D eigenvalue weighted by Gasteiger charge is -2.31. The minimum atomic E-state index is -3.69. The van der Waals surface area contributed by atoms with E-state index < -0.39 is 15.9 Å². The number of nitrogens with zero attached hydrogens (tertiary/aromatic N) is 3. The van der Waals surface area contributed by atoms with Crippen molar-refractivity contribution in [1.82, 2.24) is 19.8 Å². The molecular weight excluding hydrogens is 440 g/mol. The zero-order chi connectivity index (χ0) is 21.8. The van der Waals surface area contributed by atoms with Crippen molar-refractivity contribution in [3.63, 3.8) is 0 Å². The van der Waals surface area contributed by atoms with Crippen molar-refractivity contribution in [2.24, 2.45) is 5.92 Å². The van der Waals surface area contributed by atoms with E-state index in [0.717, 1.165) is 5.56 Å². The van der Waals surface area contributed by atoms with E-state index in [-0.39, 0.29) is 29.8 Å². The van der Waals surface area contributed by atoms with Gasteiger partial charge in [0, 0.05) is 23.7 Å². The van der Waals surface area contributed by atoms with Gasteiger partial charge in [-0.05, 0) is 37.1 Å². The van der Waals surface area contributed by atoms with Crippen molar-refractivity contribution >= 4 is 27.5 Å². The summed E-state index contributed by atoms with van der Waals surface area (Å²) in [6.45, 7) is 0.577. The second-order valence-corrected chi connectivity index (χ2v) is 9.63. The molecule has 0 radical (unpaired) electrons. The molecule has 1 aliphatic heterocycles. The Morgan fingerprint density at radius 2 is 1.90 bits per heavy atom. The van der Waals surface area contributed by atoms with Crippen LogP contribution in [0.3, 0.4) is 0 Å². The zero-order valence-electron chi connectivity index (χ0n) is 16.6. The van der Waals surface area contributed by atoms with Gasteiger partial charge in [0.15, 0.2) is 0 Å². The smallest absolute Gasteiger partial charge is 0.246 e. The largest absolute Gasteiger partial charge is 0.347 e. The first-order valence-corrected chi connectivity index (χ1v) is 11.7. The fourth-order valence-corrected chi connectivity index (χ4v) is 5.12. The molecule has 0 bridgehead atoms. The maximum absolute atomic E-state index is 12.9. The number of aromatic nitrogens is 2. The molecule has 8 nitrogen and oxygen atoms in total. The number of benzene rings is 2. The van der Waals surface area contributed by atoms with Crippen LogP contribution in [0.25, 0.3) is 11.4 Å². The summed E-state index contributed by atoms with van der Waals surface area (Å²) >= 11 is 5.86. The van der Waals surface area contributed by atoms with Gasteiger partial charge in [-0.3, -0.25) is 4.79 Å². The molecule has 1 saturated heterocycles. The monoisotopic (exact) mass is 460 g/mol. The van der Waals surface area contributed by atoms with Crippen LogP contribution in [0.15, 0.2) is 64.0 Å². The van der Waals surface area contributed by atoms with E-state index in [1.54, 1.807) is 0 Å². The molecule has 31 heavy (non-hydrogen) atoms. The van der Waals surface area contributed by atoms with Crippen LogP contribution in [0.1, 0.15) is 18.7 Å². The Balaban J connectivity index is 1.37. The summed E-state index contributed by atoms with van der Waals surface area (Å²) < 4.78 is 32.4. The average molecular weight is 461 g/mol. The number of carbonyl (C=O) groups excluding carboxylic acids is 1. The van der Waals surface area contributed by atoms with Crippen LogP contribution in [0, 0.1) is 5.92 Å². The van der Waals surface area contributed by atoms with Crippen LogP contribution in [-0.4, -0.2) is 41.9 Å². The Morgan fingerprint density at radius 3 is 2.65 bits per heavy atom. The summed E-state index contributed by atoms with van der Waals surface area (Å²) in [6, 6.07) is 15.4. The first-order valence-electron chi connectivity index (χ1n) is 9.85. The standard InChI is InChI=1S/C21H21ClN4O4S/c22-17-8-10-18(11-9-17)31(28,29)26-12-4-7-16(14-26)21(27)23-13-19-24-20(25-30-19)15-5-2-1-3-6-15/h1-3,5-6,8-11,16H,4,7,12-14H2,(H,23,27)/t16-/m0/s1. The molecule has 1 amide bonds. The van der Waals surface area contributed by atoms with Gasteiger partial charge in [0.2, 0.25) is 27.6 Å². The highest BCUT2D eigenvalue weighted by Crippen LogP contribution is 2.25. The molecular formula is C21H21ClN4O4S. The SMILES string of the molecule is O=C(NCc1nc(-c2ccccc2)no1)[C@H]1CCCN(S(=O)(=O)c2ccc(Cl)cc2)C1. The topological polar surface area (TPSA) is 105 Å². The van der Waals surface area contributed by atoms with Gasteiger partial charge >= 0.3 is 0 Å². The lowest BCUT2D eigenvalue weighted by molar-refractivity contribution is -0.126. The fraction of sp³-hybridized carbons (Fsp3) is 0.286. The number of amides is 1. The molecule has 1 N–H and O–H groups in total. The predicted molar refractivity (Wildman–Crippen MR) is 115 cm³/mol. The average Bonchev–Trinajstić information content (AvgIpc) is 3.27. The van der Waals surface area contributed by atoms with Crippen LogP contribution in [-0.2, 0) is 21.4 Å². The molecule has 162 valence electrons. The van der Waals surface area contributed by atoms with Crippen LogP contribution in [0.4, 0.5) is 0 Å². The van der Waals surface area contributed by atoms with Crippen LogP contribution in [0.5, 0.6) is 0 Å². The third kappa shape index (κ3) is 4.95. The molecule has 1 fully saturated rings. The lowest BCUT2D eigenvalue weighted by atomic mass is 9.99. The summed E-state index contributed by atoms with van der Waals surface area (Å²) in [7, 11) is -3.69. The van der Waals surface area contributed by atoms with Crippen molar-refractivity contribution in [3.8, 4) is 11.4 Å². The third-order valence-electron chi connectivity index (χ3n) is 5.12. The molecule has 0 aliphatic carbocycles. The Morgan fingerprint density at radius 1 is 1.16 bits per heavy atom. The molecule has 0 spiro atoms. The summed E-state index contributed by atoms with van der Waals surface area (Å²) in [5.41, 5.74) is 0.819. The number of sulfonamides is 1. The second-order valence-electron chi connectivity index (χ2n) is 7.25. The van der Waals surface area contributed by atoms with Gasteiger partial charge in [-0.15, -0.1) is 0 Å². The molecule has 3 aromatic rings. The molecule has 2 heterocycles. The van der Waals surface area contributed by atoms with E-state index in [1.165, 1.54) is 28.6 Å². The van der Waals surface area contributed by atoms with Crippen molar-refractivity contribution in [2.75, 3.05) is 13.1 Å².